The molecule has 1 aliphatic heterocycles. The third-order valence-electron chi connectivity index (χ3n) is 5.89. The number of aromatic nitrogens is 2. The Kier molecular flexibility index (Phi) is 6.83. The number of rotatable bonds is 6. The summed E-state index contributed by atoms with van der Waals surface area (Å²) in [7, 11) is 5.15. The molecule has 1 fully saturated rings. The highest BCUT2D eigenvalue weighted by molar-refractivity contribution is 6.05. The van der Waals surface area contributed by atoms with Crippen LogP contribution in [0.5, 0.6) is 11.5 Å². The van der Waals surface area contributed by atoms with Crippen LogP contribution in [0, 0.1) is 6.92 Å². The van der Waals surface area contributed by atoms with Gasteiger partial charge in [0.25, 0.3) is 11.8 Å². The van der Waals surface area contributed by atoms with Gasteiger partial charge in [-0.05, 0) is 55.9 Å². The van der Waals surface area contributed by atoms with Gasteiger partial charge in [-0.1, -0.05) is 6.07 Å². The SMILES string of the molecule is COc1ccc(C(=O)N2CCN(C)CC2)cc1NC(=O)c1ccn(-c2cc(C)ccc2OC)n1. The monoisotopic (exact) mass is 463 g/mol. The molecule has 0 radical (unpaired) electrons. The zero-order valence-corrected chi connectivity index (χ0v) is 19.9. The maximum absolute atomic E-state index is 13.0. The fourth-order valence-corrected chi connectivity index (χ4v) is 3.88. The molecular formula is C25H29N5O4. The second-order valence-corrected chi connectivity index (χ2v) is 8.29. The van der Waals surface area contributed by atoms with Crippen molar-refractivity contribution in [3.8, 4) is 17.2 Å². The van der Waals surface area contributed by atoms with Gasteiger partial charge in [0.05, 0.1) is 19.9 Å². The van der Waals surface area contributed by atoms with Crippen molar-refractivity contribution in [2.75, 3.05) is 52.8 Å². The van der Waals surface area contributed by atoms with Crippen molar-refractivity contribution in [2.45, 2.75) is 6.92 Å². The molecule has 1 N–H and O–H groups in total. The van der Waals surface area contributed by atoms with Crippen LogP contribution in [0.15, 0.2) is 48.7 Å². The Labute approximate surface area is 198 Å². The number of benzene rings is 2. The van der Waals surface area contributed by atoms with Crippen LogP contribution in [0.3, 0.4) is 0 Å². The molecule has 34 heavy (non-hydrogen) atoms. The van der Waals surface area contributed by atoms with Gasteiger partial charge in [-0.15, -0.1) is 0 Å². The van der Waals surface area contributed by atoms with Crippen molar-refractivity contribution in [2.24, 2.45) is 0 Å². The van der Waals surface area contributed by atoms with Crippen molar-refractivity contribution in [3.63, 3.8) is 0 Å². The van der Waals surface area contributed by atoms with Crippen molar-refractivity contribution in [1.29, 1.82) is 0 Å². The van der Waals surface area contributed by atoms with Crippen molar-refractivity contribution in [3.05, 3.63) is 65.5 Å². The van der Waals surface area contributed by atoms with Crippen LogP contribution >= 0.6 is 0 Å². The average molecular weight is 464 g/mol. The first-order valence-electron chi connectivity index (χ1n) is 11.1. The number of carbonyl (C=O) groups excluding carboxylic acids is 2. The zero-order valence-electron chi connectivity index (χ0n) is 19.9. The van der Waals surface area contributed by atoms with E-state index < -0.39 is 5.91 Å². The first kappa shape index (κ1) is 23.3. The van der Waals surface area contributed by atoms with Crippen LogP contribution in [-0.2, 0) is 0 Å². The van der Waals surface area contributed by atoms with E-state index in [4.69, 9.17) is 9.47 Å². The fourth-order valence-electron chi connectivity index (χ4n) is 3.88. The minimum absolute atomic E-state index is 0.0675. The Morgan fingerprint density at radius 2 is 1.65 bits per heavy atom. The summed E-state index contributed by atoms with van der Waals surface area (Å²) in [6.45, 7) is 4.98. The molecule has 2 aromatic carbocycles. The van der Waals surface area contributed by atoms with E-state index in [-0.39, 0.29) is 11.6 Å². The van der Waals surface area contributed by atoms with E-state index >= 15 is 0 Å². The Morgan fingerprint density at radius 3 is 2.35 bits per heavy atom. The van der Waals surface area contributed by atoms with Gasteiger partial charge in [0.15, 0.2) is 5.69 Å². The number of nitrogens with zero attached hydrogens (tertiary/aromatic N) is 4. The number of amides is 2. The maximum atomic E-state index is 13.0. The molecule has 178 valence electrons. The van der Waals surface area contributed by atoms with E-state index in [9.17, 15) is 9.59 Å². The Morgan fingerprint density at radius 1 is 0.941 bits per heavy atom. The summed E-state index contributed by atoms with van der Waals surface area (Å²) in [5.41, 5.74) is 2.91. The smallest absolute Gasteiger partial charge is 0.276 e. The van der Waals surface area contributed by atoms with E-state index in [1.165, 1.54) is 7.11 Å². The van der Waals surface area contributed by atoms with Crippen LogP contribution < -0.4 is 14.8 Å². The van der Waals surface area contributed by atoms with Crippen LogP contribution in [0.1, 0.15) is 26.4 Å². The molecule has 4 rings (SSSR count). The lowest BCUT2D eigenvalue weighted by Gasteiger charge is -2.32. The molecule has 3 aromatic rings. The third-order valence-corrected chi connectivity index (χ3v) is 5.89. The normalized spacial score (nSPS) is 14.1. The van der Waals surface area contributed by atoms with Crippen molar-refractivity contribution in [1.82, 2.24) is 19.6 Å². The highest BCUT2D eigenvalue weighted by atomic mass is 16.5. The molecule has 9 heteroatoms. The first-order valence-corrected chi connectivity index (χ1v) is 11.1. The van der Waals surface area contributed by atoms with E-state index in [1.54, 1.807) is 42.3 Å². The predicted octanol–water partition coefficient (Wildman–Crippen LogP) is 2.84. The van der Waals surface area contributed by atoms with Gasteiger partial charge in [-0.25, -0.2) is 4.68 Å². The molecule has 0 atom stereocenters. The van der Waals surface area contributed by atoms with Gasteiger partial charge in [0.1, 0.15) is 17.2 Å². The number of piperazine rings is 1. The Bertz CT molecular complexity index is 1200. The Balaban J connectivity index is 1.55. The molecule has 1 aliphatic rings. The van der Waals surface area contributed by atoms with Crippen molar-refractivity contribution >= 4 is 17.5 Å². The first-order chi connectivity index (χ1) is 16.4. The second kappa shape index (κ2) is 9.96. The van der Waals surface area contributed by atoms with Crippen LogP contribution in [0.4, 0.5) is 5.69 Å². The summed E-state index contributed by atoms with van der Waals surface area (Å²) in [6.07, 6.45) is 1.71. The summed E-state index contributed by atoms with van der Waals surface area (Å²) in [5.74, 6) is 0.635. The van der Waals surface area contributed by atoms with E-state index in [2.05, 4.69) is 15.3 Å². The molecule has 0 saturated carbocycles. The largest absolute Gasteiger partial charge is 0.495 e. The number of hydrogen-bond donors (Lipinski definition) is 1. The standard InChI is InChI=1S/C25H29N5O4/c1-17-5-7-23(34-4)21(15-17)30-10-9-19(27-30)24(31)26-20-16-18(6-8-22(20)33-3)25(32)29-13-11-28(2)12-14-29/h5-10,15-16H,11-14H2,1-4H3,(H,26,31). The molecule has 0 aliphatic carbocycles. The summed E-state index contributed by atoms with van der Waals surface area (Å²) < 4.78 is 12.4. The van der Waals surface area contributed by atoms with E-state index in [0.717, 1.165) is 24.3 Å². The Hall–Kier alpha value is -3.85. The van der Waals surface area contributed by atoms with Gasteiger partial charge in [0.2, 0.25) is 0 Å². The minimum atomic E-state index is -0.409. The van der Waals surface area contributed by atoms with Crippen LogP contribution in [-0.4, -0.2) is 78.8 Å². The summed E-state index contributed by atoms with van der Waals surface area (Å²) in [5, 5.41) is 7.26. The maximum Gasteiger partial charge on any atom is 0.276 e. The van der Waals surface area contributed by atoms with Gasteiger partial charge >= 0.3 is 0 Å². The fraction of sp³-hybridized carbons (Fsp3) is 0.320. The minimum Gasteiger partial charge on any atom is -0.495 e. The number of likely N-dealkylation sites (N-methyl/N-ethyl adjacent to an activating group) is 1. The van der Waals surface area contributed by atoms with Gasteiger partial charge in [0, 0.05) is 37.9 Å². The highest BCUT2D eigenvalue weighted by Crippen LogP contribution is 2.27. The molecule has 2 heterocycles. The molecule has 1 aromatic heterocycles. The number of hydrogen-bond acceptors (Lipinski definition) is 6. The molecular weight excluding hydrogens is 434 g/mol. The predicted molar refractivity (Wildman–Crippen MR) is 129 cm³/mol. The second-order valence-electron chi connectivity index (χ2n) is 8.29. The van der Waals surface area contributed by atoms with Gasteiger partial charge in [-0.3, -0.25) is 9.59 Å². The summed E-state index contributed by atoms with van der Waals surface area (Å²) >= 11 is 0. The lowest BCUT2D eigenvalue weighted by atomic mass is 10.1. The van der Waals surface area contributed by atoms with Gasteiger partial charge in [-0.2, -0.15) is 5.10 Å². The van der Waals surface area contributed by atoms with Crippen LogP contribution in [0.25, 0.3) is 5.69 Å². The molecule has 0 bridgehead atoms. The molecule has 0 spiro atoms. The number of ether oxygens (including phenoxy) is 2. The number of anilines is 1. The topological polar surface area (TPSA) is 88.9 Å². The van der Waals surface area contributed by atoms with E-state index in [1.807, 2.05) is 37.1 Å². The lowest BCUT2D eigenvalue weighted by molar-refractivity contribution is 0.0664. The summed E-state index contributed by atoms with van der Waals surface area (Å²) in [6, 6.07) is 12.4. The number of nitrogens with one attached hydrogen (secondary N) is 1. The van der Waals surface area contributed by atoms with Gasteiger partial charge < -0.3 is 24.6 Å². The quantitative estimate of drug-likeness (QED) is 0.605. The third kappa shape index (κ3) is 4.89. The molecule has 1 saturated heterocycles. The number of methoxy groups -OCH3 is 2. The van der Waals surface area contributed by atoms with Crippen LogP contribution in [0.2, 0.25) is 0 Å². The zero-order chi connectivity index (χ0) is 24.2. The average Bonchev–Trinajstić information content (AvgIpc) is 3.34. The molecule has 0 unspecified atom stereocenters. The molecule has 2 amide bonds. The summed E-state index contributed by atoms with van der Waals surface area (Å²) in [4.78, 5) is 30.0. The highest BCUT2D eigenvalue weighted by Gasteiger charge is 2.22. The van der Waals surface area contributed by atoms with Crippen molar-refractivity contribution < 1.29 is 19.1 Å². The van der Waals surface area contributed by atoms with E-state index in [0.29, 0.717) is 35.8 Å². The lowest BCUT2D eigenvalue weighted by Crippen LogP contribution is -2.47. The molecule has 9 nitrogen and oxygen atoms in total. The number of aryl methyl sites for hydroxylation is 1. The number of carbonyl (C=O) groups is 2.